The van der Waals surface area contributed by atoms with Crippen LogP contribution in [0.15, 0.2) is 60.8 Å². The molecule has 3 rings (SSSR count). The predicted octanol–water partition coefficient (Wildman–Crippen LogP) is 2.63. The summed E-state index contributed by atoms with van der Waals surface area (Å²) < 4.78 is 5.21. The predicted molar refractivity (Wildman–Crippen MR) is 206 cm³/mol. The maximum atomic E-state index is 14.2. The number of carbonyl (C=O) groups is 4. The van der Waals surface area contributed by atoms with E-state index in [0.717, 1.165) is 39.6 Å². The zero-order valence-electron chi connectivity index (χ0n) is 30.3. The fourth-order valence-corrected chi connectivity index (χ4v) is 5.89. The summed E-state index contributed by atoms with van der Waals surface area (Å²) in [5.41, 5.74) is 10.9. The van der Waals surface area contributed by atoms with Crippen LogP contribution >= 0.6 is 12.6 Å². The van der Waals surface area contributed by atoms with Crippen LogP contribution in [0.1, 0.15) is 36.5 Å². The highest BCUT2D eigenvalue weighted by atomic mass is 32.1. The monoisotopic (exact) mass is 721 g/mol. The second-order valence-electron chi connectivity index (χ2n) is 12.3. The van der Waals surface area contributed by atoms with Gasteiger partial charge in [-0.25, -0.2) is 0 Å². The molecule has 4 amide bonds. The molecule has 0 aliphatic rings. The van der Waals surface area contributed by atoms with Crippen molar-refractivity contribution in [3.63, 3.8) is 0 Å². The normalized spacial score (nSPS) is 11.4. The van der Waals surface area contributed by atoms with Gasteiger partial charge in [-0.1, -0.05) is 48.5 Å². The SMILES string of the molecule is C/C=C(/CCN(CC(=O)N(CCc1c[nH]c2ccccc12)CC(=O)N(CCOC)CC(=O)NCCS)C(=O)CNCCCN)c1ccccc1C. The molecule has 51 heavy (non-hydrogen) atoms. The van der Waals surface area contributed by atoms with Crippen LogP contribution in [0.2, 0.25) is 0 Å². The zero-order chi connectivity index (χ0) is 37.0. The summed E-state index contributed by atoms with van der Waals surface area (Å²) in [6.07, 6.45) is 5.70. The highest BCUT2D eigenvalue weighted by Crippen LogP contribution is 2.22. The molecule has 0 atom stereocenters. The third-order valence-electron chi connectivity index (χ3n) is 8.69. The van der Waals surface area contributed by atoms with Crippen LogP contribution in [0.25, 0.3) is 16.5 Å². The van der Waals surface area contributed by atoms with Crippen molar-refractivity contribution in [2.75, 3.05) is 84.9 Å². The number of carbonyl (C=O) groups excluding carboxylic acids is 4. The molecule has 1 aromatic heterocycles. The number of allylic oxidation sites excluding steroid dienone is 1. The van der Waals surface area contributed by atoms with Crippen molar-refractivity contribution < 1.29 is 23.9 Å². The minimum Gasteiger partial charge on any atom is -0.383 e. The summed E-state index contributed by atoms with van der Waals surface area (Å²) in [4.78, 5) is 61.9. The second-order valence-corrected chi connectivity index (χ2v) is 12.8. The van der Waals surface area contributed by atoms with E-state index in [1.165, 1.54) is 16.9 Å². The highest BCUT2D eigenvalue weighted by molar-refractivity contribution is 7.80. The van der Waals surface area contributed by atoms with Gasteiger partial charge >= 0.3 is 0 Å². The topological polar surface area (TPSA) is 153 Å². The number of aryl methyl sites for hydroxylation is 1. The number of amides is 4. The summed E-state index contributed by atoms with van der Waals surface area (Å²) in [5, 5.41) is 6.92. The van der Waals surface area contributed by atoms with Gasteiger partial charge in [0.25, 0.3) is 0 Å². The van der Waals surface area contributed by atoms with Gasteiger partial charge in [0, 0.05) is 56.1 Å². The van der Waals surface area contributed by atoms with Crippen LogP contribution in [0.4, 0.5) is 0 Å². The summed E-state index contributed by atoms with van der Waals surface area (Å²) in [6, 6.07) is 16.0. The van der Waals surface area contributed by atoms with Gasteiger partial charge in [-0.15, -0.1) is 0 Å². The molecule has 0 fully saturated rings. The summed E-state index contributed by atoms with van der Waals surface area (Å²) >= 11 is 4.14. The van der Waals surface area contributed by atoms with Crippen LogP contribution in [0, 0.1) is 6.92 Å². The summed E-state index contributed by atoms with van der Waals surface area (Å²) in [5.74, 6) is -0.824. The lowest BCUT2D eigenvalue weighted by molar-refractivity contribution is -0.145. The molecule has 0 aliphatic heterocycles. The molecule has 278 valence electrons. The molecule has 3 aromatic rings. The quantitative estimate of drug-likeness (QED) is 0.0746. The number of ether oxygens (including phenoxy) is 1. The van der Waals surface area contributed by atoms with Crippen molar-refractivity contribution >= 4 is 52.7 Å². The number of hydrogen-bond donors (Lipinski definition) is 5. The maximum Gasteiger partial charge on any atom is 0.242 e. The van der Waals surface area contributed by atoms with Gasteiger partial charge in [0.15, 0.2) is 0 Å². The Balaban J connectivity index is 1.86. The second kappa shape index (κ2) is 22.6. The van der Waals surface area contributed by atoms with E-state index in [-0.39, 0.29) is 63.6 Å². The van der Waals surface area contributed by atoms with Crippen LogP contribution in [-0.4, -0.2) is 128 Å². The van der Waals surface area contributed by atoms with Crippen molar-refractivity contribution in [2.45, 2.75) is 33.1 Å². The van der Waals surface area contributed by atoms with Crippen molar-refractivity contribution in [2.24, 2.45) is 5.73 Å². The van der Waals surface area contributed by atoms with E-state index in [1.54, 1.807) is 4.90 Å². The highest BCUT2D eigenvalue weighted by Gasteiger charge is 2.26. The molecular weight excluding hydrogens is 667 g/mol. The average molecular weight is 722 g/mol. The molecule has 0 saturated carbocycles. The lowest BCUT2D eigenvalue weighted by Crippen LogP contribution is -2.51. The molecule has 5 N–H and O–H groups in total. The number of benzene rings is 2. The Bertz CT molecular complexity index is 1590. The van der Waals surface area contributed by atoms with Gasteiger partial charge in [0.2, 0.25) is 23.6 Å². The van der Waals surface area contributed by atoms with Crippen LogP contribution in [-0.2, 0) is 30.3 Å². The van der Waals surface area contributed by atoms with E-state index in [2.05, 4.69) is 47.3 Å². The van der Waals surface area contributed by atoms with Crippen molar-refractivity contribution in [3.05, 3.63) is 77.5 Å². The Hall–Kier alpha value is -4.17. The molecule has 0 radical (unpaired) electrons. The van der Waals surface area contributed by atoms with Gasteiger partial charge in [-0.05, 0) is 74.5 Å². The van der Waals surface area contributed by atoms with Crippen molar-refractivity contribution in [1.29, 1.82) is 0 Å². The first-order valence-electron chi connectivity index (χ1n) is 17.6. The number of nitrogens with two attached hydrogens (primary N) is 1. The van der Waals surface area contributed by atoms with E-state index in [1.807, 2.05) is 55.6 Å². The molecule has 0 unspecified atom stereocenters. The maximum absolute atomic E-state index is 14.2. The zero-order valence-corrected chi connectivity index (χ0v) is 31.2. The number of nitrogens with zero attached hydrogens (tertiary/aromatic N) is 3. The lowest BCUT2D eigenvalue weighted by Gasteiger charge is -2.30. The number of rotatable bonds is 23. The van der Waals surface area contributed by atoms with E-state index >= 15 is 0 Å². The largest absolute Gasteiger partial charge is 0.383 e. The Morgan fingerprint density at radius 2 is 1.59 bits per heavy atom. The number of aromatic amines is 1. The standard InChI is InChI=1S/C38H55N7O5S/c1-4-30(32-11-6-5-10-29(32)2)14-19-43(36(47)25-40-17-9-16-39)27-37(48)44(20-15-31-24-42-34-13-8-7-12-33(31)34)28-38(49)45(21-22-50-3)26-35(46)41-18-23-51/h4-8,10-13,24,40,42,51H,9,14-23,25-28,39H2,1-3H3,(H,41,46)/b30-4-. The van der Waals surface area contributed by atoms with Gasteiger partial charge in [-0.3, -0.25) is 19.2 Å². The minimum atomic E-state index is -0.391. The lowest BCUT2D eigenvalue weighted by atomic mass is 9.98. The van der Waals surface area contributed by atoms with E-state index < -0.39 is 5.91 Å². The number of thiol groups is 1. The smallest absolute Gasteiger partial charge is 0.242 e. The number of nitrogens with one attached hydrogen (secondary N) is 3. The molecule has 0 aliphatic carbocycles. The van der Waals surface area contributed by atoms with Crippen LogP contribution in [0.3, 0.4) is 0 Å². The minimum absolute atomic E-state index is 0.0588. The Morgan fingerprint density at radius 1 is 0.902 bits per heavy atom. The third kappa shape index (κ3) is 13.5. The Morgan fingerprint density at radius 3 is 2.27 bits per heavy atom. The molecule has 0 spiro atoms. The van der Waals surface area contributed by atoms with Gasteiger partial charge in [0.1, 0.15) is 0 Å². The van der Waals surface area contributed by atoms with Gasteiger partial charge < -0.3 is 40.8 Å². The van der Waals surface area contributed by atoms with Crippen molar-refractivity contribution in [3.8, 4) is 0 Å². The van der Waals surface area contributed by atoms with Crippen molar-refractivity contribution in [1.82, 2.24) is 30.3 Å². The van der Waals surface area contributed by atoms with E-state index in [0.29, 0.717) is 44.8 Å². The van der Waals surface area contributed by atoms with Gasteiger partial charge in [-0.2, -0.15) is 12.6 Å². The van der Waals surface area contributed by atoms with E-state index in [9.17, 15) is 19.2 Å². The van der Waals surface area contributed by atoms with Crippen LogP contribution in [0.5, 0.6) is 0 Å². The Labute approximate surface area is 307 Å². The fraction of sp³-hybridized carbons (Fsp3) is 0.474. The number of fused-ring (bicyclic) bond motifs is 1. The van der Waals surface area contributed by atoms with E-state index in [4.69, 9.17) is 10.5 Å². The number of aromatic nitrogens is 1. The van der Waals surface area contributed by atoms with Crippen LogP contribution < -0.4 is 16.4 Å². The first-order chi connectivity index (χ1) is 24.7. The molecule has 2 aromatic carbocycles. The molecule has 1 heterocycles. The molecule has 13 heteroatoms. The first kappa shape index (κ1) is 41.3. The number of para-hydroxylation sites is 1. The third-order valence-corrected chi connectivity index (χ3v) is 8.92. The first-order valence-corrected chi connectivity index (χ1v) is 18.2. The molecule has 0 bridgehead atoms. The number of hydrogen-bond acceptors (Lipinski definition) is 8. The fourth-order valence-electron chi connectivity index (χ4n) is 5.78. The summed E-state index contributed by atoms with van der Waals surface area (Å²) in [7, 11) is 1.52. The molecule has 12 nitrogen and oxygen atoms in total. The Kier molecular flexibility index (Phi) is 18.3. The summed E-state index contributed by atoms with van der Waals surface area (Å²) in [6.45, 7) is 5.84. The average Bonchev–Trinajstić information content (AvgIpc) is 3.55. The number of H-pyrrole nitrogens is 1. The van der Waals surface area contributed by atoms with Gasteiger partial charge in [0.05, 0.1) is 32.8 Å². The molecular formula is C38H55N7O5S. The number of methoxy groups -OCH3 is 1. The molecule has 0 saturated heterocycles.